The Labute approximate surface area is 57.8 Å². The summed E-state index contributed by atoms with van der Waals surface area (Å²) in [5, 5.41) is 7.60. The zero-order valence-corrected chi connectivity index (χ0v) is 5.64. The molecule has 0 heterocycles. The zero-order chi connectivity index (χ0) is 4.28. The summed E-state index contributed by atoms with van der Waals surface area (Å²) in [4.78, 5) is 9.24. The van der Waals surface area contributed by atoms with E-state index in [0.29, 0.717) is 0 Å². The Bertz CT molecular complexity index is 46.8. The fraction of sp³-hybridized carbons (Fsp3) is 0.500. The predicted octanol–water partition coefficient (Wildman–Crippen LogP) is -1.35. The van der Waals surface area contributed by atoms with Crippen LogP contribution in [0.4, 0.5) is 0 Å². The van der Waals surface area contributed by atoms with Crippen molar-refractivity contribution >= 4 is 35.5 Å². The molecule has 0 fully saturated rings. The van der Waals surface area contributed by atoms with Crippen LogP contribution in [-0.2, 0) is 4.79 Å². The maximum absolute atomic E-state index is 9.24. The Hall–Kier alpha value is 0.430. The molecule has 0 rings (SSSR count). The van der Waals surface area contributed by atoms with E-state index in [1.165, 1.54) is 0 Å². The number of aliphatic carboxylic acids is 1. The van der Waals surface area contributed by atoms with Crippen LogP contribution in [-0.4, -0.2) is 47.2 Å². The molecule has 0 aromatic carbocycles. The van der Waals surface area contributed by atoms with Crippen LogP contribution < -0.4 is 5.73 Å². The number of carbonyl (C=O) groups is 1. The third-order valence-electron chi connectivity index (χ3n) is 0.175. The first-order valence-electron chi connectivity index (χ1n) is 1.19. The number of nitrogens with two attached hydrogens (primary N) is 1. The van der Waals surface area contributed by atoms with Crippen molar-refractivity contribution in [2.45, 2.75) is 0 Å². The summed E-state index contributed by atoms with van der Waals surface area (Å²) >= 11 is 0. The van der Waals surface area contributed by atoms with Crippen molar-refractivity contribution in [3.05, 3.63) is 0 Å². The van der Waals surface area contributed by atoms with Gasteiger partial charge >= 0.3 is 5.97 Å². The van der Waals surface area contributed by atoms with Gasteiger partial charge in [-0.05, 0) is 0 Å². The van der Waals surface area contributed by atoms with Crippen molar-refractivity contribution in [3.63, 3.8) is 0 Å². The third-order valence-corrected chi connectivity index (χ3v) is 0.175. The molecule has 0 bridgehead atoms. The molecule has 0 aliphatic carbocycles. The minimum atomic E-state index is -0.968. The van der Waals surface area contributed by atoms with Gasteiger partial charge in [0.1, 0.15) is 0 Å². The molecule has 0 atom stereocenters. The second kappa shape index (κ2) is 5.43. The van der Waals surface area contributed by atoms with Gasteiger partial charge in [0.2, 0.25) is 0 Å². The summed E-state index contributed by atoms with van der Waals surface area (Å²) in [6, 6.07) is 0. The summed E-state index contributed by atoms with van der Waals surface area (Å²) in [5.41, 5.74) is 4.57. The summed E-state index contributed by atoms with van der Waals surface area (Å²) in [5.74, 6) is -0.968. The van der Waals surface area contributed by atoms with Crippen molar-refractivity contribution in [2.24, 2.45) is 5.73 Å². The first-order chi connectivity index (χ1) is 2.27. The molecule has 6 heavy (non-hydrogen) atoms. The first-order valence-corrected chi connectivity index (χ1v) is 1.19. The monoisotopic (exact) mass is 98.0 g/mol. The van der Waals surface area contributed by atoms with Crippen LogP contribution in [0.15, 0.2) is 0 Å². The number of hydrogen-bond acceptors (Lipinski definition) is 2. The molecule has 0 aliphatic rings. The van der Waals surface area contributed by atoms with Crippen molar-refractivity contribution < 1.29 is 9.90 Å². The van der Waals surface area contributed by atoms with Crippen LogP contribution in [0, 0.1) is 0 Å². The van der Waals surface area contributed by atoms with Crippen LogP contribution >= 0.6 is 0 Å². The molecule has 0 aromatic rings. The minimum Gasteiger partial charge on any atom is -0.480 e. The summed E-state index contributed by atoms with van der Waals surface area (Å²) in [6.45, 7) is -0.278. The number of hydrogen-bond donors (Lipinski definition) is 2. The van der Waals surface area contributed by atoms with Crippen molar-refractivity contribution in [1.82, 2.24) is 0 Å². The van der Waals surface area contributed by atoms with E-state index in [2.05, 4.69) is 5.73 Å². The van der Waals surface area contributed by atoms with E-state index in [4.69, 9.17) is 5.11 Å². The van der Waals surface area contributed by atoms with E-state index in [-0.39, 0.29) is 36.1 Å². The average molecular weight is 98.1 g/mol. The average Bonchev–Trinajstić information content (AvgIpc) is 1.38. The Kier molecular flexibility index (Phi) is 8.74. The largest absolute Gasteiger partial charge is 0.480 e. The van der Waals surface area contributed by atoms with E-state index in [1.807, 2.05) is 0 Å². The van der Waals surface area contributed by atoms with Crippen molar-refractivity contribution in [3.8, 4) is 0 Å². The summed E-state index contributed by atoms with van der Waals surface area (Å²) in [7, 11) is 0. The minimum absolute atomic E-state index is 0. The summed E-state index contributed by atoms with van der Waals surface area (Å²) < 4.78 is 0. The molecule has 0 unspecified atom stereocenters. The van der Waals surface area contributed by atoms with Crippen LogP contribution in [0.1, 0.15) is 0 Å². The van der Waals surface area contributed by atoms with Gasteiger partial charge in [-0.3, -0.25) is 4.79 Å². The number of carboxylic acid groups (broad SMARTS) is 1. The third kappa shape index (κ3) is 8.83. The molecule has 0 spiro atoms. The van der Waals surface area contributed by atoms with E-state index in [9.17, 15) is 4.79 Å². The van der Waals surface area contributed by atoms with E-state index < -0.39 is 5.97 Å². The van der Waals surface area contributed by atoms with Gasteiger partial charge in [0.05, 0.1) is 6.54 Å². The Balaban J connectivity index is 0. The molecule has 0 saturated heterocycles. The molecule has 0 saturated carbocycles. The van der Waals surface area contributed by atoms with Crippen molar-refractivity contribution in [1.29, 1.82) is 0 Å². The van der Waals surface area contributed by atoms with E-state index in [0.717, 1.165) is 0 Å². The molecule has 3 N–H and O–H groups in total. The van der Waals surface area contributed by atoms with Gasteiger partial charge in [-0.2, -0.15) is 0 Å². The molecule has 31 valence electrons. The van der Waals surface area contributed by atoms with Gasteiger partial charge in [0, 0.05) is 29.6 Å². The quantitative estimate of drug-likeness (QED) is 0.398. The first kappa shape index (κ1) is 9.66. The second-order valence-corrected chi connectivity index (χ2v) is 0.598. The molecular formula is C2H5NNaO2. The van der Waals surface area contributed by atoms with Crippen LogP contribution in [0.25, 0.3) is 0 Å². The fourth-order valence-electron chi connectivity index (χ4n) is 0. The van der Waals surface area contributed by atoms with Gasteiger partial charge in [-0.1, -0.05) is 0 Å². The topological polar surface area (TPSA) is 63.3 Å². The van der Waals surface area contributed by atoms with Crippen molar-refractivity contribution in [2.75, 3.05) is 6.54 Å². The molecule has 0 aliphatic heterocycles. The molecule has 3 nitrogen and oxygen atoms in total. The smallest absolute Gasteiger partial charge is 0.317 e. The molecule has 0 amide bonds. The second-order valence-electron chi connectivity index (χ2n) is 0.598. The maximum Gasteiger partial charge on any atom is 0.317 e. The van der Waals surface area contributed by atoms with Gasteiger partial charge < -0.3 is 10.8 Å². The number of carboxylic acids is 1. The van der Waals surface area contributed by atoms with Crippen LogP contribution in [0.3, 0.4) is 0 Å². The molecular weight excluding hydrogens is 93.0 g/mol. The SMILES string of the molecule is NCC(=O)O.[Na]. The fourth-order valence-corrected chi connectivity index (χ4v) is 0. The maximum atomic E-state index is 9.24. The number of rotatable bonds is 1. The normalized spacial score (nSPS) is 6.17. The Morgan fingerprint density at radius 3 is 2.00 bits per heavy atom. The molecule has 1 radical (unpaired) electrons. The van der Waals surface area contributed by atoms with Gasteiger partial charge in [-0.25, -0.2) is 0 Å². The molecule has 4 heteroatoms. The van der Waals surface area contributed by atoms with Gasteiger partial charge in [-0.15, -0.1) is 0 Å². The van der Waals surface area contributed by atoms with Crippen LogP contribution in [0.5, 0.6) is 0 Å². The standard InChI is InChI=1S/C2H5NO2.Na/c3-1-2(4)5;/h1,3H2,(H,4,5);. The van der Waals surface area contributed by atoms with Gasteiger partial charge in [0.15, 0.2) is 0 Å². The van der Waals surface area contributed by atoms with Gasteiger partial charge in [0.25, 0.3) is 0 Å². The summed E-state index contributed by atoms with van der Waals surface area (Å²) in [6.07, 6.45) is 0. The predicted molar refractivity (Wildman–Crippen MR) is 22.4 cm³/mol. The van der Waals surface area contributed by atoms with E-state index in [1.54, 1.807) is 0 Å². The van der Waals surface area contributed by atoms with Crippen LogP contribution in [0.2, 0.25) is 0 Å². The van der Waals surface area contributed by atoms with E-state index >= 15 is 0 Å². The Morgan fingerprint density at radius 2 is 2.00 bits per heavy atom. The zero-order valence-electron chi connectivity index (χ0n) is 3.64. The molecule has 0 aromatic heterocycles. The Morgan fingerprint density at radius 1 is 1.83 bits per heavy atom.